The fourth-order valence-corrected chi connectivity index (χ4v) is 6.31. The minimum absolute atomic E-state index is 0.184. The zero-order valence-electron chi connectivity index (χ0n) is 26.9. The number of unbranched alkanes of at least 4 members (excludes halogenated alkanes) is 3. The van der Waals surface area contributed by atoms with Crippen molar-refractivity contribution in [2.45, 2.75) is 103 Å². The summed E-state index contributed by atoms with van der Waals surface area (Å²) in [5.41, 5.74) is 5.59. The molecule has 7 nitrogen and oxygen atoms in total. The van der Waals surface area contributed by atoms with E-state index in [0.29, 0.717) is 5.92 Å². The van der Waals surface area contributed by atoms with Crippen molar-refractivity contribution in [1.29, 1.82) is 0 Å². The second-order valence-corrected chi connectivity index (χ2v) is 12.2. The highest BCUT2D eigenvalue weighted by atomic mass is 16.8. The molecule has 0 amide bonds. The molecule has 1 N–H and O–H groups in total. The van der Waals surface area contributed by atoms with Gasteiger partial charge in [-0.2, -0.15) is 0 Å². The molecule has 0 spiro atoms. The van der Waals surface area contributed by atoms with E-state index in [1.54, 1.807) is 13.8 Å². The van der Waals surface area contributed by atoms with Gasteiger partial charge in [-0.1, -0.05) is 86.4 Å². The molecule has 2 aliphatic rings. The number of ether oxygens (including phenoxy) is 4. The normalized spacial score (nSPS) is 22.1. The fourth-order valence-electron chi connectivity index (χ4n) is 6.31. The fraction of sp³-hybridized carbons (Fsp3) is 0.568. The quantitative estimate of drug-likeness (QED) is 0.120. The van der Waals surface area contributed by atoms with Gasteiger partial charge in [0.25, 0.3) is 0 Å². The number of hydrogen-bond acceptors (Lipinski definition) is 7. The number of benzene rings is 2. The minimum atomic E-state index is -1.16. The van der Waals surface area contributed by atoms with E-state index in [0.717, 1.165) is 35.7 Å². The maximum atomic E-state index is 12.4. The first kappa shape index (κ1) is 33.9. The molecule has 1 saturated carbocycles. The van der Waals surface area contributed by atoms with Crippen molar-refractivity contribution < 1.29 is 28.5 Å². The Morgan fingerprint density at radius 1 is 0.773 bits per heavy atom. The predicted molar refractivity (Wildman–Crippen MR) is 173 cm³/mol. The van der Waals surface area contributed by atoms with Gasteiger partial charge in [-0.05, 0) is 87.9 Å². The van der Waals surface area contributed by atoms with E-state index in [-0.39, 0.29) is 13.2 Å². The molecular formula is C37H51NO6. The van der Waals surface area contributed by atoms with Crippen molar-refractivity contribution in [1.82, 2.24) is 5.32 Å². The van der Waals surface area contributed by atoms with E-state index in [4.69, 9.17) is 18.9 Å². The zero-order valence-corrected chi connectivity index (χ0v) is 26.9. The van der Waals surface area contributed by atoms with Crippen LogP contribution in [0.2, 0.25) is 0 Å². The third-order valence-corrected chi connectivity index (χ3v) is 8.74. The lowest BCUT2D eigenvalue weighted by atomic mass is 9.77. The summed E-state index contributed by atoms with van der Waals surface area (Å²) in [5, 5.41) is 3.45. The Balaban J connectivity index is 1.23. The number of rotatable bonds is 16. The third-order valence-electron chi connectivity index (χ3n) is 8.74. The highest BCUT2D eigenvalue weighted by Crippen LogP contribution is 2.39. The maximum absolute atomic E-state index is 12.4. The highest BCUT2D eigenvalue weighted by Gasteiger charge is 2.47. The smallest absolute Gasteiger partial charge is 0.338 e. The topological polar surface area (TPSA) is 83.1 Å². The van der Waals surface area contributed by atoms with E-state index >= 15 is 0 Å². The van der Waals surface area contributed by atoms with Crippen LogP contribution in [0.3, 0.4) is 0 Å². The summed E-state index contributed by atoms with van der Waals surface area (Å²) in [5.74, 6) is 0.275. The largest absolute Gasteiger partial charge is 0.464 e. The van der Waals surface area contributed by atoms with Crippen molar-refractivity contribution in [3.63, 3.8) is 0 Å². The Morgan fingerprint density at radius 3 is 1.82 bits per heavy atom. The zero-order chi connectivity index (χ0) is 31.3. The third kappa shape index (κ3) is 9.75. The van der Waals surface area contributed by atoms with Crippen molar-refractivity contribution >= 4 is 11.9 Å². The lowest BCUT2D eigenvalue weighted by Gasteiger charge is -2.29. The van der Waals surface area contributed by atoms with Gasteiger partial charge < -0.3 is 24.3 Å². The lowest BCUT2D eigenvalue weighted by Crippen LogP contribution is -2.39. The van der Waals surface area contributed by atoms with E-state index in [2.05, 4.69) is 43.1 Å². The summed E-state index contributed by atoms with van der Waals surface area (Å²) in [4.78, 5) is 24.8. The summed E-state index contributed by atoms with van der Waals surface area (Å²) in [6.07, 6.45) is 8.73. The number of carbonyl (C=O) groups excluding carboxylic acids is 2. The van der Waals surface area contributed by atoms with E-state index < -0.39 is 30.4 Å². The molecule has 1 aliphatic carbocycles. The number of carbonyl (C=O) groups is 2. The molecule has 0 unspecified atom stereocenters. The first-order valence-corrected chi connectivity index (χ1v) is 16.6. The van der Waals surface area contributed by atoms with E-state index in [1.165, 1.54) is 68.9 Å². The molecule has 0 aromatic heterocycles. The van der Waals surface area contributed by atoms with Crippen LogP contribution in [-0.2, 0) is 28.5 Å². The predicted octanol–water partition coefficient (Wildman–Crippen LogP) is 7.65. The van der Waals surface area contributed by atoms with Crippen molar-refractivity contribution in [2.75, 3.05) is 26.3 Å². The van der Waals surface area contributed by atoms with Gasteiger partial charge in [-0.25, -0.2) is 9.59 Å². The second kappa shape index (κ2) is 17.5. The minimum Gasteiger partial charge on any atom is -0.464 e. The van der Waals surface area contributed by atoms with Crippen LogP contribution in [0, 0.1) is 5.92 Å². The number of nitrogens with one attached hydrogen (secondary N) is 1. The maximum Gasteiger partial charge on any atom is 0.338 e. The van der Waals surface area contributed by atoms with E-state index in [9.17, 15) is 9.59 Å². The Bertz CT molecular complexity index is 1160. The molecule has 0 radical (unpaired) electrons. The van der Waals surface area contributed by atoms with Gasteiger partial charge in [0.2, 0.25) is 0 Å². The highest BCUT2D eigenvalue weighted by molar-refractivity contribution is 5.86. The van der Waals surface area contributed by atoms with Crippen LogP contribution < -0.4 is 5.32 Å². The van der Waals surface area contributed by atoms with Crippen LogP contribution in [0.1, 0.15) is 102 Å². The van der Waals surface area contributed by atoms with Crippen molar-refractivity contribution in [3.05, 3.63) is 71.8 Å². The number of hydrogen-bond donors (Lipinski definition) is 1. The molecule has 44 heavy (non-hydrogen) atoms. The summed E-state index contributed by atoms with van der Waals surface area (Å²) in [6.45, 7) is 11.8. The molecule has 0 bridgehead atoms. The molecule has 2 aromatic rings. The first-order chi connectivity index (χ1) is 21.4. The molecule has 4 rings (SSSR count). The van der Waals surface area contributed by atoms with Gasteiger partial charge in [-0.15, -0.1) is 0 Å². The molecule has 7 heteroatoms. The second-order valence-electron chi connectivity index (χ2n) is 12.2. The monoisotopic (exact) mass is 605 g/mol. The summed E-state index contributed by atoms with van der Waals surface area (Å²) < 4.78 is 21.8. The van der Waals surface area contributed by atoms with Crippen LogP contribution in [-0.4, -0.2) is 50.4 Å². The van der Waals surface area contributed by atoms with Crippen LogP contribution in [0.5, 0.6) is 0 Å². The van der Waals surface area contributed by atoms with Crippen molar-refractivity contribution in [2.24, 2.45) is 5.92 Å². The van der Waals surface area contributed by atoms with Crippen molar-refractivity contribution in [3.8, 4) is 11.1 Å². The standard InChI is InChI=1S/C37H51NO6/c1-5-41-35(39)33-34(36(40)42-6-2)44-37(43-33)32-22-20-31(21-23-32)30-18-16-29(17-19-30)28-14-12-27(13-15-28)11-9-7-8-10-24-38-25-26(3)4/h16-23,27-28,33-34,37-38H,3,5-15,24-25H2,1-2,4H3/t27-,28-,33-,34-/m1/s1. The first-order valence-electron chi connectivity index (χ1n) is 16.6. The Kier molecular flexibility index (Phi) is 13.5. The Hall–Kier alpha value is -3.00. The van der Waals surface area contributed by atoms with Crippen LogP contribution in [0.25, 0.3) is 11.1 Å². The van der Waals surface area contributed by atoms with Crippen LogP contribution in [0.15, 0.2) is 60.7 Å². The molecule has 240 valence electrons. The molecule has 2 aromatic carbocycles. The van der Waals surface area contributed by atoms with Gasteiger partial charge >= 0.3 is 11.9 Å². The Morgan fingerprint density at radius 2 is 1.30 bits per heavy atom. The molecule has 2 fully saturated rings. The lowest BCUT2D eigenvalue weighted by molar-refractivity contribution is -0.163. The molecular weight excluding hydrogens is 554 g/mol. The molecule has 1 heterocycles. The SMILES string of the molecule is C=C(C)CNCCCCCC[C@H]1CC[C@H](c2ccc(-c3ccc(C4O[C@@H](C(=O)OCC)[C@H](C(=O)OCC)O4)cc3)cc2)CC1. The average Bonchev–Trinajstić information content (AvgIpc) is 3.49. The summed E-state index contributed by atoms with van der Waals surface area (Å²) in [7, 11) is 0. The molecule has 2 atom stereocenters. The van der Waals surface area contributed by atoms with Crippen LogP contribution >= 0.6 is 0 Å². The van der Waals surface area contributed by atoms with Gasteiger partial charge in [0, 0.05) is 12.1 Å². The van der Waals surface area contributed by atoms with E-state index in [1.807, 2.05) is 24.3 Å². The van der Waals surface area contributed by atoms with Gasteiger partial charge in [0.1, 0.15) is 0 Å². The number of esters is 2. The summed E-state index contributed by atoms with van der Waals surface area (Å²) in [6, 6.07) is 16.8. The summed E-state index contributed by atoms with van der Waals surface area (Å²) >= 11 is 0. The van der Waals surface area contributed by atoms with Gasteiger partial charge in [0.05, 0.1) is 13.2 Å². The Labute approximate surface area is 263 Å². The molecule has 1 aliphatic heterocycles. The average molecular weight is 606 g/mol. The van der Waals surface area contributed by atoms with Crippen LogP contribution in [0.4, 0.5) is 0 Å². The van der Waals surface area contributed by atoms with Gasteiger partial charge in [0.15, 0.2) is 18.5 Å². The van der Waals surface area contributed by atoms with Gasteiger partial charge in [-0.3, -0.25) is 0 Å². The molecule has 1 saturated heterocycles.